The Morgan fingerprint density at radius 1 is 1.07 bits per heavy atom. The van der Waals surface area contributed by atoms with E-state index in [0.717, 1.165) is 66.2 Å². The van der Waals surface area contributed by atoms with Crippen molar-refractivity contribution in [2.24, 2.45) is 0 Å². The van der Waals surface area contributed by atoms with Gasteiger partial charge in [-0.05, 0) is 42.0 Å². The molecule has 3 N–H and O–H groups in total. The third-order valence-corrected chi connectivity index (χ3v) is 5.32. The Kier molecular flexibility index (Phi) is 4.78. The SMILES string of the molecule is OCC#Cc1ccc2c(-c3cc4cc(CN5CCOCC5)ccc4[nH]3)n[nH]c2c1. The van der Waals surface area contributed by atoms with E-state index in [1.165, 1.54) is 10.9 Å². The van der Waals surface area contributed by atoms with Gasteiger partial charge in [0, 0.05) is 41.5 Å². The normalized spacial score (nSPS) is 14.9. The Hall–Kier alpha value is -3.11. The molecular weight excluding hydrogens is 364 g/mol. The topological polar surface area (TPSA) is 77.2 Å². The molecular formula is C23H22N4O2. The van der Waals surface area contributed by atoms with Crippen molar-refractivity contribution in [2.75, 3.05) is 32.9 Å². The van der Waals surface area contributed by atoms with E-state index < -0.39 is 0 Å². The number of ether oxygens (including phenoxy) is 1. The molecule has 0 aliphatic carbocycles. The van der Waals surface area contributed by atoms with Gasteiger partial charge in [0.05, 0.1) is 24.4 Å². The molecule has 146 valence electrons. The lowest BCUT2D eigenvalue weighted by atomic mass is 10.1. The fourth-order valence-electron chi connectivity index (χ4n) is 3.87. The molecule has 1 saturated heterocycles. The van der Waals surface area contributed by atoms with Crippen LogP contribution in [-0.4, -0.2) is 58.1 Å². The van der Waals surface area contributed by atoms with Crippen molar-refractivity contribution in [3.05, 3.63) is 53.6 Å². The summed E-state index contributed by atoms with van der Waals surface area (Å²) in [6.45, 7) is 4.41. The molecule has 0 atom stereocenters. The molecule has 5 rings (SSSR count). The highest BCUT2D eigenvalue weighted by Crippen LogP contribution is 2.29. The summed E-state index contributed by atoms with van der Waals surface area (Å²) < 4.78 is 5.44. The maximum absolute atomic E-state index is 8.87. The van der Waals surface area contributed by atoms with Crippen LogP contribution in [0.5, 0.6) is 0 Å². The summed E-state index contributed by atoms with van der Waals surface area (Å²) in [5.41, 5.74) is 6.08. The molecule has 1 fully saturated rings. The van der Waals surface area contributed by atoms with Gasteiger partial charge < -0.3 is 14.8 Å². The molecule has 1 aliphatic heterocycles. The molecule has 0 spiro atoms. The van der Waals surface area contributed by atoms with Gasteiger partial charge in [0.25, 0.3) is 0 Å². The molecule has 1 aliphatic rings. The van der Waals surface area contributed by atoms with Crippen LogP contribution in [0.4, 0.5) is 0 Å². The van der Waals surface area contributed by atoms with E-state index in [1.807, 2.05) is 18.2 Å². The number of morpholine rings is 1. The third-order valence-electron chi connectivity index (χ3n) is 5.32. The van der Waals surface area contributed by atoms with Crippen LogP contribution in [0, 0.1) is 11.8 Å². The van der Waals surface area contributed by atoms with Gasteiger partial charge >= 0.3 is 0 Å². The molecule has 6 heteroatoms. The summed E-state index contributed by atoms with van der Waals surface area (Å²) >= 11 is 0. The zero-order valence-electron chi connectivity index (χ0n) is 16.0. The van der Waals surface area contributed by atoms with Gasteiger partial charge in [0.1, 0.15) is 12.3 Å². The van der Waals surface area contributed by atoms with Gasteiger partial charge in [-0.15, -0.1) is 0 Å². The number of aromatic nitrogens is 3. The van der Waals surface area contributed by atoms with Gasteiger partial charge in [-0.3, -0.25) is 10.00 Å². The van der Waals surface area contributed by atoms with E-state index in [2.05, 4.69) is 56.2 Å². The van der Waals surface area contributed by atoms with Crippen LogP contribution in [0.3, 0.4) is 0 Å². The van der Waals surface area contributed by atoms with E-state index in [9.17, 15) is 0 Å². The Morgan fingerprint density at radius 2 is 1.97 bits per heavy atom. The summed E-state index contributed by atoms with van der Waals surface area (Å²) in [6, 6.07) is 14.7. The van der Waals surface area contributed by atoms with Gasteiger partial charge in [0.2, 0.25) is 0 Å². The van der Waals surface area contributed by atoms with E-state index in [4.69, 9.17) is 9.84 Å². The number of rotatable bonds is 3. The first-order valence-corrected chi connectivity index (χ1v) is 9.80. The first kappa shape index (κ1) is 18.0. The largest absolute Gasteiger partial charge is 0.384 e. The molecule has 0 bridgehead atoms. The second-order valence-corrected chi connectivity index (χ2v) is 7.29. The number of fused-ring (bicyclic) bond motifs is 2. The highest BCUT2D eigenvalue weighted by atomic mass is 16.5. The van der Waals surface area contributed by atoms with Crippen LogP contribution in [0.2, 0.25) is 0 Å². The monoisotopic (exact) mass is 386 g/mol. The molecule has 0 unspecified atom stereocenters. The molecule has 2 aromatic heterocycles. The minimum absolute atomic E-state index is 0.144. The van der Waals surface area contributed by atoms with Crippen molar-refractivity contribution in [2.45, 2.75) is 6.54 Å². The minimum atomic E-state index is -0.144. The van der Waals surface area contributed by atoms with Crippen LogP contribution in [0.1, 0.15) is 11.1 Å². The summed E-state index contributed by atoms with van der Waals surface area (Å²) in [7, 11) is 0. The molecule has 4 aromatic rings. The predicted octanol–water partition coefficient (Wildman–Crippen LogP) is 2.89. The van der Waals surface area contributed by atoms with E-state index in [0.29, 0.717) is 0 Å². The smallest absolute Gasteiger partial charge is 0.116 e. The maximum Gasteiger partial charge on any atom is 0.116 e. The Labute approximate surface area is 168 Å². The van der Waals surface area contributed by atoms with Crippen molar-refractivity contribution >= 4 is 21.8 Å². The predicted molar refractivity (Wildman–Crippen MR) is 113 cm³/mol. The van der Waals surface area contributed by atoms with Gasteiger partial charge in [-0.1, -0.05) is 17.9 Å². The Balaban J connectivity index is 1.45. The number of hydrogen-bond donors (Lipinski definition) is 3. The van der Waals surface area contributed by atoms with E-state index in [-0.39, 0.29) is 6.61 Å². The van der Waals surface area contributed by atoms with Crippen LogP contribution in [-0.2, 0) is 11.3 Å². The van der Waals surface area contributed by atoms with Crippen molar-refractivity contribution in [3.8, 4) is 23.2 Å². The standard InChI is InChI=1S/C23H22N4O2/c28-9-1-2-16-3-5-19-21(13-16)25-26-23(19)22-14-18-12-17(4-6-20(18)24-22)15-27-7-10-29-11-8-27/h3-6,12-14,24,28H,7-11,15H2,(H,25,26). The average Bonchev–Trinajstić information content (AvgIpc) is 3.36. The maximum atomic E-state index is 8.87. The number of hydrogen-bond acceptors (Lipinski definition) is 4. The zero-order chi connectivity index (χ0) is 19.6. The van der Waals surface area contributed by atoms with Crippen molar-refractivity contribution in [1.29, 1.82) is 0 Å². The van der Waals surface area contributed by atoms with Crippen molar-refractivity contribution < 1.29 is 9.84 Å². The van der Waals surface area contributed by atoms with Crippen molar-refractivity contribution in [1.82, 2.24) is 20.1 Å². The van der Waals surface area contributed by atoms with Gasteiger partial charge in [-0.25, -0.2) is 0 Å². The molecule has 0 radical (unpaired) electrons. The molecule has 2 aromatic carbocycles. The second kappa shape index (κ2) is 7.72. The fraction of sp³-hybridized carbons (Fsp3) is 0.261. The lowest BCUT2D eigenvalue weighted by Gasteiger charge is -2.26. The number of benzene rings is 2. The number of aliphatic hydroxyl groups excluding tert-OH is 1. The quantitative estimate of drug-likeness (QED) is 0.473. The highest BCUT2D eigenvalue weighted by Gasteiger charge is 2.13. The zero-order valence-corrected chi connectivity index (χ0v) is 16.0. The lowest BCUT2D eigenvalue weighted by Crippen LogP contribution is -2.35. The number of nitrogens with one attached hydrogen (secondary N) is 2. The first-order chi connectivity index (χ1) is 14.3. The van der Waals surface area contributed by atoms with Gasteiger partial charge in [-0.2, -0.15) is 5.10 Å². The van der Waals surface area contributed by atoms with Crippen LogP contribution >= 0.6 is 0 Å². The summed E-state index contributed by atoms with van der Waals surface area (Å²) in [4.78, 5) is 5.92. The molecule has 0 saturated carbocycles. The molecule has 0 amide bonds. The van der Waals surface area contributed by atoms with E-state index in [1.54, 1.807) is 0 Å². The minimum Gasteiger partial charge on any atom is -0.384 e. The number of nitrogens with zero attached hydrogens (tertiary/aromatic N) is 2. The van der Waals surface area contributed by atoms with Crippen molar-refractivity contribution in [3.63, 3.8) is 0 Å². The highest BCUT2D eigenvalue weighted by molar-refractivity contribution is 5.96. The summed E-state index contributed by atoms with van der Waals surface area (Å²) in [6.07, 6.45) is 0. The lowest BCUT2D eigenvalue weighted by molar-refractivity contribution is 0.0342. The van der Waals surface area contributed by atoms with Crippen LogP contribution in [0.25, 0.3) is 33.2 Å². The first-order valence-electron chi connectivity index (χ1n) is 9.80. The second-order valence-electron chi connectivity index (χ2n) is 7.29. The van der Waals surface area contributed by atoms with Crippen LogP contribution < -0.4 is 0 Å². The summed E-state index contributed by atoms with van der Waals surface area (Å²) in [5, 5.41) is 18.7. The summed E-state index contributed by atoms with van der Waals surface area (Å²) in [5.74, 6) is 5.60. The fourth-order valence-corrected chi connectivity index (χ4v) is 3.87. The molecule has 6 nitrogen and oxygen atoms in total. The molecule has 29 heavy (non-hydrogen) atoms. The third kappa shape index (κ3) is 3.64. The Bertz CT molecular complexity index is 1220. The number of H-pyrrole nitrogens is 2. The molecule has 3 heterocycles. The van der Waals surface area contributed by atoms with Gasteiger partial charge in [0.15, 0.2) is 0 Å². The average molecular weight is 386 g/mol. The van der Waals surface area contributed by atoms with Crippen LogP contribution in [0.15, 0.2) is 42.5 Å². The number of aromatic amines is 2. The number of aliphatic hydroxyl groups is 1. The van der Waals surface area contributed by atoms with E-state index >= 15 is 0 Å². The Morgan fingerprint density at radius 3 is 2.83 bits per heavy atom.